The van der Waals surface area contributed by atoms with Crippen LogP contribution in [0.3, 0.4) is 0 Å². The van der Waals surface area contributed by atoms with E-state index >= 15 is 0 Å². The van der Waals surface area contributed by atoms with Crippen LogP contribution in [0, 0.1) is 0 Å². The van der Waals surface area contributed by atoms with E-state index in [-0.39, 0.29) is 5.91 Å². The molecule has 4 nitrogen and oxygen atoms in total. The summed E-state index contributed by atoms with van der Waals surface area (Å²) in [5.41, 5.74) is 3.52. The number of amides is 1. The standard InChI is InChI=1S/C17H17NO3S/c1-18(17(19)15-3-2-8-22-15)10-13-12-5-7-20-14(12)9-11-4-6-21-16(11)13/h2-3,8-9H,4-7,10H2,1H3. The maximum absolute atomic E-state index is 12.5. The lowest BCUT2D eigenvalue weighted by Gasteiger charge is -2.20. The summed E-state index contributed by atoms with van der Waals surface area (Å²) in [4.78, 5) is 15.0. The summed E-state index contributed by atoms with van der Waals surface area (Å²) in [6.45, 7) is 1.99. The van der Waals surface area contributed by atoms with E-state index in [1.165, 1.54) is 22.5 Å². The van der Waals surface area contributed by atoms with Gasteiger partial charge in [0.2, 0.25) is 0 Å². The van der Waals surface area contributed by atoms with E-state index in [1.54, 1.807) is 4.90 Å². The zero-order valence-corrected chi connectivity index (χ0v) is 13.2. The van der Waals surface area contributed by atoms with Crippen LogP contribution in [-0.4, -0.2) is 31.1 Å². The molecular weight excluding hydrogens is 298 g/mol. The predicted molar refractivity (Wildman–Crippen MR) is 85.0 cm³/mol. The highest BCUT2D eigenvalue weighted by Gasteiger charge is 2.28. The second kappa shape index (κ2) is 5.32. The van der Waals surface area contributed by atoms with Gasteiger partial charge in [0.1, 0.15) is 11.5 Å². The Labute approximate surface area is 133 Å². The van der Waals surface area contributed by atoms with Crippen LogP contribution in [0.15, 0.2) is 23.6 Å². The molecule has 5 heteroatoms. The molecule has 0 atom stereocenters. The molecule has 0 radical (unpaired) electrons. The fourth-order valence-corrected chi connectivity index (χ4v) is 3.87. The fraction of sp³-hybridized carbons (Fsp3) is 0.353. The largest absolute Gasteiger partial charge is 0.493 e. The Hall–Kier alpha value is -2.01. The lowest BCUT2D eigenvalue weighted by Crippen LogP contribution is -2.26. The minimum atomic E-state index is 0.0539. The molecule has 4 rings (SSSR count). The number of ether oxygens (including phenoxy) is 2. The highest BCUT2D eigenvalue weighted by Crippen LogP contribution is 2.41. The van der Waals surface area contributed by atoms with Crippen LogP contribution in [0.2, 0.25) is 0 Å². The lowest BCUT2D eigenvalue weighted by atomic mass is 9.99. The van der Waals surface area contributed by atoms with Crippen molar-refractivity contribution in [2.24, 2.45) is 0 Å². The van der Waals surface area contributed by atoms with Crippen LogP contribution in [0.4, 0.5) is 0 Å². The number of carbonyl (C=O) groups excluding carboxylic acids is 1. The Balaban J connectivity index is 1.67. The van der Waals surface area contributed by atoms with Crippen molar-refractivity contribution in [3.8, 4) is 11.5 Å². The molecule has 2 aliphatic heterocycles. The van der Waals surface area contributed by atoms with Gasteiger partial charge in [-0.05, 0) is 17.5 Å². The first-order chi connectivity index (χ1) is 10.7. The van der Waals surface area contributed by atoms with Crippen molar-refractivity contribution in [2.75, 3.05) is 20.3 Å². The number of rotatable bonds is 3. The van der Waals surface area contributed by atoms with Crippen LogP contribution in [0.5, 0.6) is 11.5 Å². The Morgan fingerprint density at radius 1 is 1.32 bits per heavy atom. The Kier molecular flexibility index (Phi) is 3.30. The van der Waals surface area contributed by atoms with Gasteiger partial charge in [-0.3, -0.25) is 4.79 Å². The third-order valence-electron chi connectivity index (χ3n) is 4.23. The Morgan fingerprint density at radius 3 is 3.00 bits per heavy atom. The average molecular weight is 315 g/mol. The fourth-order valence-electron chi connectivity index (χ4n) is 3.15. The molecule has 114 valence electrons. The van der Waals surface area contributed by atoms with E-state index in [4.69, 9.17) is 9.47 Å². The van der Waals surface area contributed by atoms with E-state index < -0.39 is 0 Å². The second-order valence-electron chi connectivity index (χ2n) is 5.66. The van der Waals surface area contributed by atoms with Crippen LogP contribution in [-0.2, 0) is 19.4 Å². The van der Waals surface area contributed by atoms with E-state index in [2.05, 4.69) is 6.07 Å². The molecule has 3 heterocycles. The van der Waals surface area contributed by atoms with E-state index in [0.717, 1.165) is 34.8 Å². The molecule has 2 aliphatic rings. The molecule has 0 saturated carbocycles. The summed E-state index contributed by atoms with van der Waals surface area (Å²) in [5.74, 6) is 1.99. The third-order valence-corrected chi connectivity index (χ3v) is 5.09. The number of benzene rings is 1. The van der Waals surface area contributed by atoms with Gasteiger partial charge in [0, 0.05) is 43.1 Å². The van der Waals surface area contributed by atoms with Crippen molar-refractivity contribution < 1.29 is 14.3 Å². The number of carbonyl (C=O) groups is 1. The Morgan fingerprint density at radius 2 is 2.18 bits per heavy atom. The summed E-state index contributed by atoms with van der Waals surface area (Å²) in [7, 11) is 1.85. The first-order valence-electron chi connectivity index (χ1n) is 7.46. The first kappa shape index (κ1) is 13.6. The zero-order chi connectivity index (χ0) is 15.1. The number of thiophene rings is 1. The lowest BCUT2D eigenvalue weighted by molar-refractivity contribution is 0.0788. The molecule has 0 spiro atoms. The summed E-state index contributed by atoms with van der Waals surface area (Å²) >= 11 is 1.47. The highest BCUT2D eigenvalue weighted by molar-refractivity contribution is 7.12. The van der Waals surface area contributed by atoms with Gasteiger partial charge in [-0.25, -0.2) is 0 Å². The van der Waals surface area contributed by atoms with Gasteiger partial charge in [-0.2, -0.15) is 0 Å². The van der Waals surface area contributed by atoms with Crippen molar-refractivity contribution >= 4 is 17.2 Å². The smallest absolute Gasteiger partial charge is 0.263 e. The molecule has 0 N–H and O–H groups in total. The van der Waals surface area contributed by atoms with Gasteiger partial charge in [0.15, 0.2) is 0 Å². The molecule has 0 unspecified atom stereocenters. The van der Waals surface area contributed by atoms with Crippen molar-refractivity contribution in [3.05, 3.63) is 45.1 Å². The van der Waals surface area contributed by atoms with Gasteiger partial charge in [-0.15, -0.1) is 11.3 Å². The number of fused-ring (bicyclic) bond motifs is 2. The van der Waals surface area contributed by atoms with Gasteiger partial charge >= 0.3 is 0 Å². The maximum Gasteiger partial charge on any atom is 0.263 e. The third kappa shape index (κ3) is 2.16. The highest BCUT2D eigenvalue weighted by atomic mass is 32.1. The van der Waals surface area contributed by atoms with E-state index in [1.807, 2.05) is 24.6 Å². The van der Waals surface area contributed by atoms with Crippen LogP contribution in [0.1, 0.15) is 26.4 Å². The molecule has 22 heavy (non-hydrogen) atoms. The van der Waals surface area contributed by atoms with Gasteiger partial charge in [-0.1, -0.05) is 6.07 Å². The van der Waals surface area contributed by atoms with Gasteiger partial charge in [0.25, 0.3) is 5.91 Å². The summed E-state index contributed by atoms with van der Waals surface area (Å²) in [6.07, 6.45) is 1.81. The molecule has 2 aromatic rings. The molecule has 1 aromatic carbocycles. The molecule has 1 amide bonds. The normalized spacial score (nSPS) is 15.0. The molecule has 0 saturated heterocycles. The number of hydrogen-bond acceptors (Lipinski definition) is 4. The number of hydrogen-bond donors (Lipinski definition) is 0. The van der Waals surface area contributed by atoms with E-state index in [0.29, 0.717) is 19.8 Å². The summed E-state index contributed by atoms with van der Waals surface area (Å²) < 4.78 is 11.6. The maximum atomic E-state index is 12.5. The molecule has 0 fully saturated rings. The zero-order valence-electron chi connectivity index (χ0n) is 12.4. The van der Waals surface area contributed by atoms with Crippen LogP contribution < -0.4 is 9.47 Å². The van der Waals surface area contributed by atoms with Crippen molar-refractivity contribution in [3.63, 3.8) is 0 Å². The van der Waals surface area contributed by atoms with Crippen LogP contribution >= 0.6 is 11.3 Å². The monoisotopic (exact) mass is 315 g/mol. The minimum absolute atomic E-state index is 0.0539. The minimum Gasteiger partial charge on any atom is -0.493 e. The van der Waals surface area contributed by atoms with Gasteiger partial charge < -0.3 is 14.4 Å². The van der Waals surface area contributed by atoms with Crippen LogP contribution in [0.25, 0.3) is 0 Å². The summed E-state index contributed by atoms with van der Waals surface area (Å²) in [6, 6.07) is 5.87. The molecule has 0 bridgehead atoms. The van der Waals surface area contributed by atoms with Crippen molar-refractivity contribution in [1.29, 1.82) is 0 Å². The Bertz CT molecular complexity index is 692. The first-order valence-corrected chi connectivity index (χ1v) is 8.34. The topological polar surface area (TPSA) is 38.8 Å². The molecular formula is C17H17NO3S. The SMILES string of the molecule is CN(Cc1c2c(cc3c1OCC3)OCC2)C(=O)c1cccs1. The van der Waals surface area contributed by atoms with E-state index in [9.17, 15) is 4.79 Å². The average Bonchev–Trinajstić information content (AvgIpc) is 3.26. The van der Waals surface area contributed by atoms with Gasteiger partial charge in [0.05, 0.1) is 18.1 Å². The summed E-state index contributed by atoms with van der Waals surface area (Å²) in [5, 5.41) is 1.93. The second-order valence-corrected chi connectivity index (χ2v) is 6.60. The quantitative estimate of drug-likeness (QED) is 0.874. The predicted octanol–water partition coefficient (Wildman–Crippen LogP) is 2.89. The molecule has 0 aliphatic carbocycles. The molecule has 1 aromatic heterocycles. The van der Waals surface area contributed by atoms with Crippen molar-refractivity contribution in [1.82, 2.24) is 4.90 Å². The van der Waals surface area contributed by atoms with Crippen molar-refractivity contribution in [2.45, 2.75) is 19.4 Å². The number of nitrogens with zero attached hydrogens (tertiary/aromatic N) is 1.